The molecule has 0 unspecified atom stereocenters. The normalized spacial score (nSPS) is 21.3. The minimum atomic E-state index is -0.662. The number of aliphatic carboxylic acids is 1. The lowest BCUT2D eigenvalue weighted by Gasteiger charge is -1.98. The third kappa shape index (κ3) is 3.04. The van der Waals surface area contributed by atoms with E-state index < -0.39 is 5.97 Å². The lowest BCUT2D eigenvalue weighted by atomic mass is 10.1. The van der Waals surface area contributed by atoms with Crippen LogP contribution >= 0.6 is 0 Å². The molecule has 0 amide bonds. The van der Waals surface area contributed by atoms with E-state index in [-0.39, 0.29) is 18.0 Å². The predicted molar refractivity (Wildman–Crippen MR) is 54.7 cm³/mol. The van der Waals surface area contributed by atoms with Crippen molar-refractivity contribution in [3.63, 3.8) is 0 Å². The summed E-state index contributed by atoms with van der Waals surface area (Å²) in [6, 6.07) is 8.13. The fraction of sp³-hybridized carbons (Fsp3) is 0.333. The molecule has 4 nitrogen and oxygen atoms in total. The molecule has 84 valence electrons. The van der Waals surface area contributed by atoms with Gasteiger partial charge in [0, 0.05) is 0 Å². The number of benzene rings is 1. The summed E-state index contributed by atoms with van der Waals surface area (Å²) in [4.78, 5) is 26.9. The molecule has 1 aliphatic rings. The molecule has 0 bridgehead atoms. The van der Waals surface area contributed by atoms with Gasteiger partial charge >= 0.3 is 12.1 Å². The zero-order chi connectivity index (χ0) is 12.1. The molecule has 2 rings (SSSR count). The van der Waals surface area contributed by atoms with Crippen molar-refractivity contribution < 1.29 is 19.5 Å². The molecule has 1 fully saturated rings. The van der Waals surface area contributed by atoms with Crippen LogP contribution in [0.25, 0.3) is 0 Å². The highest BCUT2D eigenvalue weighted by molar-refractivity contribution is 5.75. The first-order valence-electron chi connectivity index (χ1n) is 4.88. The minimum absolute atomic E-state index is 0.136. The number of carbonyl (C=O) groups is 1. The van der Waals surface area contributed by atoms with Crippen LogP contribution in [0.5, 0.6) is 0 Å². The Labute approximate surface area is 92.9 Å². The Morgan fingerprint density at radius 3 is 2.19 bits per heavy atom. The zero-order valence-electron chi connectivity index (χ0n) is 8.84. The molecule has 0 saturated heterocycles. The third-order valence-electron chi connectivity index (χ3n) is 2.61. The number of carbonyl (C=O) groups excluding carboxylic acids is 2. The van der Waals surface area contributed by atoms with Crippen molar-refractivity contribution in [2.45, 2.75) is 19.3 Å². The third-order valence-corrected chi connectivity index (χ3v) is 2.61. The maximum Gasteiger partial charge on any atom is 0.373 e. The summed E-state index contributed by atoms with van der Waals surface area (Å²) in [5.41, 5.74) is 2.38. The molecule has 1 aromatic carbocycles. The molecule has 4 heteroatoms. The topological polar surface area (TPSA) is 71.4 Å². The van der Waals surface area contributed by atoms with Gasteiger partial charge in [0.05, 0.1) is 5.92 Å². The number of hydrogen-bond donors (Lipinski definition) is 1. The van der Waals surface area contributed by atoms with Crippen LogP contribution in [-0.2, 0) is 14.4 Å². The van der Waals surface area contributed by atoms with E-state index >= 15 is 0 Å². The van der Waals surface area contributed by atoms with Crippen LogP contribution in [-0.4, -0.2) is 17.2 Å². The van der Waals surface area contributed by atoms with Gasteiger partial charge in [-0.2, -0.15) is 9.59 Å². The molecular weight excluding hydrogens is 208 g/mol. The monoisotopic (exact) mass is 220 g/mol. The molecule has 0 heterocycles. The summed E-state index contributed by atoms with van der Waals surface area (Å²) in [5.74, 6) is -0.536. The summed E-state index contributed by atoms with van der Waals surface area (Å²) in [7, 11) is 0. The molecule has 1 N–H and O–H groups in total. The molecule has 1 aliphatic carbocycles. The molecule has 1 aromatic rings. The smallest absolute Gasteiger partial charge is 0.373 e. The van der Waals surface area contributed by atoms with E-state index in [0.717, 1.165) is 12.0 Å². The average molecular weight is 220 g/mol. The van der Waals surface area contributed by atoms with Crippen molar-refractivity contribution in [3.8, 4) is 0 Å². The van der Waals surface area contributed by atoms with E-state index in [4.69, 9.17) is 14.7 Å². The van der Waals surface area contributed by atoms with Crippen LogP contribution < -0.4 is 0 Å². The highest BCUT2D eigenvalue weighted by Crippen LogP contribution is 2.47. The van der Waals surface area contributed by atoms with Crippen LogP contribution in [0, 0.1) is 12.8 Å². The fourth-order valence-corrected chi connectivity index (χ4v) is 1.65. The molecule has 0 aliphatic heterocycles. The summed E-state index contributed by atoms with van der Waals surface area (Å²) in [6.45, 7) is 2.03. The number of carboxylic acid groups (broad SMARTS) is 1. The van der Waals surface area contributed by atoms with Gasteiger partial charge in [0.15, 0.2) is 0 Å². The number of rotatable bonds is 2. The van der Waals surface area contributed by atoms with Gasteiger partial charge < -0.3 is 5.11 Å². The van der Waals surface area contributed by atoms with Gasteiger partial charge in [0.1, 0.15) is 0 Å². The fourth-order valence-electron chi connectivity index (χ4n) is 1.65. The second kappa shape index (κ2) is 5.24. The van der Waals surface area contributed by atoms with Crippen LogP contribution in [0.3, 0.4) is 0 Å². The summed E-state index contributed by atoms with van der Waals surface area (Å²) >= 11 is 0. The average Bonchev–Trinajstić information content (AvgIpc) is 3.00. The van der Waals surface area contributed by atoms with Crippen LogP contribution in [0.4, 0.5) is 0 Å². The first-order chi connectivity index (χ1) is 7.60. The Kier molecular flexibility index (Phi) is 3.97. The van der Waals surface area contributed by atoms with Gasteiger partial charge in [-0.05, 0) is 24.8 Å². The predicted octanol–water partition coefficient (Wildman–Crippen LogP) is 1.60. The Hall–Kier alpha value is -1.93. The van der Waals surface area contributed by atoms with E-state index in [2.05, 4.69) is 0 Å². The molecule has 1 saturated carbocycles. The standard InChI is InChI=1S/C11H12O2.CO2/c1-7-2-4-8(5-3-7)9-6-10(9)11(12)13;2-1-3/h2-5,9-10H,6H2,1H3,(H,12,13);/t9-,10-;/m1./s1. The highest BCUT2D eigenvalue weighted by Gasteiger charge is 2.43. The van der Waals surface area contributed by atoms with Gasteiger partial charge in [0.2, 0.25) is 0 Å². The molecule has 0 spiro atoms. The first-order valence-corrected chi connectivity index (χ1v) is 4.88. The van der Waals surface area contributed by atoms with E-state index in [1.807, 2.05) is 31.2 Å². The Bertz CT molecular complexity index is 402. The largest absolute Gasteiger partial charge is 0.481 e. The van der Waals surface area contributed by atoms with Gasteiger partial charge in [-0.15, -0.1) is 0 Å². The lowest BCUT2D eigenvalue weighted by Crippen LogP contribution is -1.98. The SMILES string of the molecule is Cc1ccc([C@H]2C[C@H]2C(=O)O)cc1.O=C=O. The minimum Gasteiger partial charge on any atom is -0.481 e. The van der Waals surface area contributed by atoms with E-state index in [9.17, 15) is 4.79 Å². The van der Waals surface area contributed by atoms with E-state index in [1.54, 1.807) is 0 Å². The highest BCUT2D eigenvalue weighted by atomic mass is 16.4. The Morgan fingerprint density at radius 2 is 1.81 bits per heavy atom. The second-order valence-electron chi connectivity index (χ2n) is 3.78. The molecule has 0 aromatic heterocycles. The van der Waals surface area contributed by atoms with Crippen molar-refractivity contribution in [2.24, 2.45) is 5.92 Å². The van der Waals surface area contributed by atoms with Gasteiger partial charge in [-0.1, -0.05) is 29.8 Å². The van der Waals surface area contributed by atoms with Crippen molar-refractivity contribution in [2.75, 3.05) is 0 Å². The number of hydrogen-bond acceptors (Lipinski definition) is 3. The summed E-state index contributed by atoms with van der Waals surface area (Å²) < 4.78 is 0. The van der Waals surface area contributed by atoms with Crippen LogP contribution in [0.1, 0.15) is 23.5 Å². The molecule has 2 atom stereocenters. The van der Waals surface area contributed by atoms with Gasteiger partial charge in [-0.25, -0.2) is 0 Å². The number of aryl methyl sites for hydroxylation is 1. The van der Waals surface area contributed by atoms with Crippen LogP contribution in [0.2, 0.25) is 0 Å². The maximum absolute atomic E-state index is 10.6. The number of carboxylic acids is 1. The zero-order valence-corrected chi connectivity index (χ0v) is 8.84. The summed E-state index contributed by atoms with van der Waals surface area (Å²) in [6.07, 6.45) is 1.05. The van der Waals surface area contributed by atoms with Crippen molar-refractivity contribution in [1.29, 1.82) is 0 Å². The van der Waals surface area contributed by atoms with Gasteiger partial charge in [0.25, 0.3) is 0 Å². The van der Waals surface area contributed by atoms with E-state index in [1.165, 1.54) is 5.56 Å². The maximum atomic E-state index is 10.6. The van der Waals surface area contributed by atoms with Crippen molar-refractivity contribution >= 4 is 12.1 Å². The Morgan fingerprint density at radius 1 is 1.31 bits per heavy atom. The van der Waals surface area contributed by atoms with Crippen LogP contribution in [0.15, 0.2) is 24.3 Å². The van der Waals surface area contributed by atoms with Crippen molar-refractivity contribution in [1.82, 2.24) is 0 Å². The van der Waals surface area contributed by atoms with Gasteiger partial charge in [-0.3, -0.25) is 4.79 Å². The second-order valence-corrected chi connectivity index (χ2v) is 3.78. The lowest BCUT2D eigenvalue weighted by molar-refractivity contribution is -0.191. The summed E-state index contributed by atoms with van der Waals surface area (Å²) in [5, 5.41) is 8.74. The van der Waals surface area contributed by atoms with Crippen molar-refractivity contribution in [3.05, 3.63) is 35.4 Å². The quantitative estimate of drug-likeness (QED) is 0.821. The molecular formula is C12H12O4. The Balaban J connectivity index is 0.000000386. The molecule has 0 radical (unpaired) electrons. The molecule has 16 heavy (non-hydrogen) atoms. The first kappa shape index (κ1) is 12.1. The van der Waals surface area contributed by atoms with E-state index in [0.29, 0.717) is 0 Å².